The highest BCUT2D eigenvalue weighted by atomic mass is 35.5. The third-order valence-corrected chi connectivity index (χ3v) is 7.15. The molecule has 2 amide bonds. The molecule has 4 aromatic carbocycles. The molecule has 1 unspecified atom stereocenters. The van der Waals surface area contributed by atoms with Crippen LogP contribution in [0.2, 0.25) is 10.0 Å². The van der Waals surface area contributed by atoms with Gasteiger partial charge >= 0.3 is 0 Å². The van der Waals surface area contributed by atoms with Crippen LogP contribution >= 0.6 is 35.0 Å². The number of thioether (sulfide) groups is 1. The molecule has 0 bridgehead atoms. The molecule has 0 fully saturated rings. The molecule has 4 rings (SSSR count). The van der Waals surface area contributed by atoms with Gasteiger partial charge in [0.1, 0.15) is 0 Å². The summed E-state index contributed by atoms with van der Waals surface area (Å²) < 4.78 is 0. The highest BCUT2D eigenvalue weighted by molar-refractivity contribution is 8.00. The van der Waals surface area contributed by atoms with Crippen LogP contribution in [0.4, 0.5) is 11.4 Å². The van der Waals surface area contributed by atoms with Crippen molar-refractivity contribution in [2.45, 2.75) is 23.5 Å². The molecule has 0 spiro atoms. The Labute approximate surface area is 212 Å². The minimum absolute atomic E-state index is 0.165. The molecule has 0 aliphatic carbocycles. The smallest absolute Gasteiger partial charge is 0.255 e. The topological polar surface area (TPSA) is 58.2 Å². The Morgan fingerprint density at radius 1 is 0.853 bits per heavy atom. The fourth-order valence-corrected chi connectivity index (χ4v) is 4.82. The van der Waals surface area contributed by atoms with Gasteiger partial charge in [0.2, 0.25) is 5.91 Å². The highest BCUT2D eigenvalue weighted by Gasteiger charge is 2.19. The maximum atomic E-state index is 12.9. The summed E-state index contributed by atoms with van der Waals surface area (Å²) in [5.74, 6) is -0.351. The van der Waals surface area contributed by atoms with Gasteiger partial charge in [0.05, 0.1) is 16.0 Å². The number of anilines is 2. The molecule has 172 valence electrons. The number of rotatable bonds is 7. The minimum Gasteiger partial charge on any atom is -0.324 e. The number of benzene rings is 4. The molecule has 4 aromatic rings. The molecule has 4 nitrogen and oxygen atoms in total. The zero-order valence-electron chi connectivity index (χ0n) is 18.3. The van der Waals surface area contributed by atoms with Crippen LogP contribution in [0.25, 0.3) is 10.8 Å². The van der Waals surface area contributed by atoms with Crippen LogP contribution in [0.5, 0.6) is 0 Å². The summed E-state index contributed by atoms with van der Waals surface area (Å²) in [4.78, 5) is 26.5. The van der Waals surface area contributed by atoms with E-state index in [0.29, 0.717) is 33.4 Å². The number of carbonyl (C=O) groups excluding carboxylic acids is 2. The normalized spacial score (nSPS) is 11.7. The molecule has 0 aliphatic heterocycles. The van der Waals surface area contributed by atoms with Crippen molar-refractivity contribution in [3.63, 3.8) is 0 Å². The first-order valence-corrected chi connectivity index (χ1v) is 12.4. The number of hydrogen-bond donors (Lipinski definition) is 2. The maximum absolute atomic E-state index is 12.9. The van der Waals surface area contributed by atoms with Crippen molar-refractivity contribution < 1.29 is 9.59 Å². The van der Waals surface area contributed by atoms with E-state index in [-0.39, 0.29) is 17.1 Å². The van der Waals surface area contributed by atoms with Crippen molar-refractivity contribution in [2.75, 3.05) is 10.6 Å². The minimum atomic E-state index is -0.346. The average Bonchev–Trinajstić information content (AvgIpc) is 2.84. The van der Waals surface area contributed by atoms with E-state index in [1.807, 2.05) is 73.7 Å². The molecule has 0 saturated heterocycles. The van der Waals surface area contributed by atoms with Crippen LogP contribution in [0, 0.1) is 0 Å². The number of halogens is 2. The van der Waals surface area contributed by atoms with Gasteiger partial charge in [-0.1, -0.05) is 66.5 Å². The fourth-order valence-electron chi connectivity index (χ4n) is 3.47. The first-order valence-electron chi connectivity index (χ1n) is 10.8. The quantitative estimate of drug-likeness (QED) is 0.249. The lowest BCUT2D eigenvalue weighted by Gasteiger charge is -2.16. The summed E-state index contributed by atoms with van der Waals surface area (Å²) in [7, 11) is 0. The van der Waals surface area contributed by atoms with Gasteiger partial charge in [0.15, 0.2) is 0 Å². The summed E-state index contributed by atoms with van der Waals surface area (Å²) in [5, 5.41) is 8.48. The van der Waals surface area contributed by atoms with Crippen LogP contribution in [-0.4, -0.2) is 17.1 Å². The Kier molecular flexibility index (Phi) is 7.78. The number of fused-ring (bicyclic) bond motifs is 1. The maximum Gasteiger partial charge on any atom is 0.255 e. The second kappa shape index (κ2) is 11.0. The summed E-state index contributed by atoms with van der Waals surface area (Å²) in [6.45, 7) is 1.95. The lowest BCUT2D eigenvalue weighted by molar-refractivity contribution is -0.115. The van der Waals surface area contributed by atoms with E-state index < -0.39 is 0 Å². The third kappa shape index (κ3) is 5.92. The highest BCUT2D eigenvalue weighted by Crippen LogP contribution is 2.31. The lowest BCUT2D eigenvalue weighted by Crippen LogP contribution is -2.24. The zero-order chi connectivity index (χ0) is 24.1. The molecule has 0 aliphatic rings. The Bertz CT molecular complexity index is 1360. The monoisotopic (exact) mass is 508 g/mol. The standard InChI is InChI=1S/C27H22Cl2N2O2S/c1-2-25(27(33)31-24-15-20(28)12-13-23(24)29)34-22-9-5-8-21(16-22)30-26(32)19-11-10-17-6-3-4-7-18(17)14-19/h3-16,25H,2H2,1H3,(H,30,32)(H,31,33). The van der Waals surface area contributed by atoms with Gasteiger partial charge in [0.25, 0.3) is 5.91 Å². The Morgan fingerprint density at radius 3 is 2.44 bits per heavy atom. The first-order chi connectivity index (χ1) is 16.4. The Morgan fingerprint density at radius 2 is 1.65 bits per heavy atom. The van der Waals surface area contributed by atoms with Gasteiger partial charge in [-0.05, 0) is 65.7 Å². The zero-order valence-corrected chi connectivity index (χ0v) is 20.7. The molecule has 0 heterocycles. The molecular formula is C27H22Cl2N2O2S. The molecule has 2 N–H and O–H groups in total. The van der Waals surface area contributed by atoms with Crippen LogP contribution in [-0.2, 0) is 4.79 Å². The number of amides is 2. The van der Waals surface area contributed by atoms with Crippen LogP contribution in [0.1, 0.15) is 23.7 Å². The third-order valence-electron chi connectivity index (χ3n) is 5.23. The van der Waals surface area contributed by atoms with Crippen LogP contribution < -0.4 is 10.6 Å². The molecule has 0 aromatic heterocycles. The fraction of sp³-hybridized carbons (Fsp3) is 0.111. The van der Waals surface area contributed by atoms with Crippen LogP contribution in [0.3, 0.4) is 0 Å². The largest absolute Gasteiger partial charge is 0.324 e. The van der Waals surface area contributed by atoms with Gasteiger partial charge in [-0.15, -0.1) is 11.8 Å². The second-order valence-electron chi connectivity index (χ2n) is 7.67. The summed E-state index contributed by atoms with van der Waals surface area (Å²) in [6.07, 6.45) is 0.613. The van der Waals surface area contributed by atoms with E-state index in [0.717, 1.165) is 15.7 Å². The van der Waals surface area contributed by atoms with Crippen molar-refractivity contribution in [2.24, 2.45) is 0 Å². The summed E-state index contributed by atoms with van der Waals surface area (Å²) in [6, 6.07) is 26.0. The Hall–Kier alpha value is -2.99. The number of hydrogen-bond acceptors (Lipinski definition) is 3. The average molecular weight is 509 g/mol. The SMILES string of the molecule is CCC(Sc1cccc(NC(=O)c2ccc3ccccc3c2)c1)C(=O)Nc1cc(Cl)ccc1Cl. The molecule has 1 atom stereocenters. The first kappa shape index (κ1) is 24.1. The van der Waals surface area contributed by atoms with Crippen molar-refractivity contribution >= 4 is 68.9 Å². The molecular weight excluding hydrogens is 487 g/mol. The predicted octanol–water partition coefficient (Wildman–Crippen LogP) is 7.91. The number of nitrogens with one attached hydrogen (secondary N) is 2. The summed E-state index contributed by atoms with van der Waals surface area (Å²) in [5.41, 5.74) is 1.73. The number of carbonyl (C=O) groups is 2. The van der Waals surface area contributed by atoms with Crippen molar-refractivity contribution in [3.8, 4) is 0 Å². The van der Waals surface area contributed by atoms with Gasteiger partial charge < -0.3 is 10.6 Å². The molecule has 0 radical (unpaired) electrons. The van der Waals surface area contributed by atoms with Crippen molar-refractivity contribution in [1.29, 1.82) is 0 Å². The van der Waals surface area contributed by atoms with E-state index in [9.17, 15) is 9.59 Å². The van der Waals surface area contributed by atoms with Gasteiger partial charge in [0, 0.05) is 21.2 Å². The van der Waals surface area contributed by atoms with Crippen LogP contribution in [0.15, 0.2) is 89.8 Å². The van der Waals surface area contributed by atoms with Gasteiger partial charge in [-0.2, -0.15) is 0 Å². The molecule has 34 heavy (non-hydrogen) atoms. The second-order valence-corrected chi connectivity index (χ2v) is 9.79. The van der Waals surface area contributed by atoms with E-state index >= 15 is 0 Å². The van der Waals surface area contributed by atoms with Crippen molar-refractivity contribution in [3.05, 3.63) is 101 Å². The van der Waals surface area contributed by atoms with Crippen molar-refractivity contribution in [1.82, 2.24) is 0 Å². The van der Waals surface area contributed by atoms with Gasteiger partial charge in [-0.25, -0.2) is 0 Å². The van der Waals surface area contributed by atoms with E-state index in [1.54, 1.807) is 18.2 Å². The van der Waals surface area contributed by atoms with E-state index in [2.05, 4.69) is 10.6 Å². The molecule has 0 saturated carbocycles. The Balaban J connectivity index is 1.44. The predicted molar refractivity (Wildman–Crippen MR) is 143 cm³/mol. The van der Waals surface area contributed by atoms with E-state index in [1.165, 1.54) is 11.8 Å². The van der Waals surface area contributed by atoms with E-state index in [4.69, 9.17) is 23.2 Å². The van der Waals surface area contributed by atoms with Gasteiger partial charge in [-0.3, -0.25) is 9.59 Å². The molecule has 7 heteroatoms. The lowest BCUT2D eigenvalue weighted by atomic mass is 10.1. The summed E-state index contributed by atoms with van der Waals surface area (Å²) >= 11 is 13.6.